The van der Waals surface area contributed by atoms with Crippen molar-refractivity contribution in [3.05, 3.63) is 58.6 Å². The van der Waals surface area contributed by atoms with E-state index in [-0.39, 0.29) is 6.04 Å². The number of halogens is 1. The zero-order valence-corrected chi connectivity index (χ0v) is 10.9. The third kappa shape index (κ3) is 3.04. The van der Waals surface area contributed by atoms with Crippen molar-refractivity contribution >= 4 is 11.6 Å². The van der Waals surface area contributed by atoms with E-state index in [0.29, 0.717) is 6.42 Å². The van der Waals surface area contributed by atoms with Crippen LogP contribution in [0.15, 0.2) is 36.8 Å². The summed E-state index contributed by atoms with van der Waals surface area (Å²) in [4.78, 5) is 8.09. The Kier molecular flexibility index (Phi) is 4.25. The summed E-state index contributed by atoms with van der Waals surface area (Å²) in [5, 5.41) is 0.754. The van der Waals surface area contributed by atoms with Crippen LogP contribution in [0.4, 0.5) is 0 Å². The van der Waals surface area contributed by atoms with Crippen LogP contribution in [0.2, 0.25) is 5.02 Å². The third-order valence-corrected chi connectivity index (χ3v) is 3.15. The second-order valence-electron chi connectivity index (χ2n) is 4.15. The minimum Gasteiger partial charge on any atom is -0.271 e. The lowest BCUT2D eigenvalue weighted by Crippen LogP contribution is -2.30. The predicted molar refractivity (Wildman–Crippen MR) is 72.0 cm³/mol. The Hall–Kier alpha value is -1.49. The first-order valence-corrected chi connectivity index (χ1v) is 6.05. The zero-order chi connectivity index (χ0) is 13.0. The number of hydrogen-bond donors (Lipinski definition) is 2. The number of nitrogens with two attached hydrogens (primary N) is 1. The summed E-state index contributed by atoms with van der Waals surface area (Å²) in [5.41, 5.74) is 5.80. The van der Waals surface area contributed by atoms with Gasteiger partial charge in [-0.3, -0.25) is 11.3 Å². The van der Waals surface area contributed by atoms with Crippen LogP contribution >= 0.6 is 11.6 Å². The van der Waals surface area contributed by atoms with Gasteiger partial charge in [0.05, 0.1) is 11.7 Å². The molecule has 5 heteroatoms. The molecule has 2 rings (SSSR count). The van der Waals surface area contributed by atoms with Gasteiger partial charge in [0.2, 0.25) is 0 Å². The Morgan fingerprint density at radius 1 is 1.39 bits per heavy atom. The molecule has 0 saturated carbocycles. The van der Waals surface area contributed by atoms with E-state index in [2.05, 4.69) is 15.4 Å². The van der Waals surface area contributed by atoms with Crippen LogP contribution in [0.25, 0.3) is 0 Å². The summed E-state index contributed by atoms with van der Waals surface area (Å²) in [7, 11) is 0. The number of aryl methyl sites for hydroxylation is 1. The molecule has 1 aromatic heterocycles. The Morgan fingerprint density at radius 3 is 2.83 bits per heavy atom. The first-order chi connectivity index (χ1) is 8.70. The predicted octanol–water partition coefficient (Wildman–Crippen LogP) is 2.19. The normalized spacial score (nSPS) is 12.4. The maximum absolute atomic E-state index is 6.22. The Morgan fingerprint density at radius 2 is 2.22 bits per heavy atom. The highest BCUT2D eigenvalue weighted by molar-refractivity contribution is 6.31. The van der Waals surface area contributed by atoms with E-state index in [4.69, 9.17) is 17.4 Å². The largest absolute Gasteiger partial charge is 0.271 e. The van der Waals surface area contributed by atoms with Gasteiger partial charge in [-0.1, -0.05) is 23.7 Å². The van der Waals surface area contributed by atoms with E-state index in [9.17, 15) is 0 Å². The van der Waals surface area contributed by atoms with Gasteiger partial charge in [-0.25, -0.2) is 9.97 Å². The van der Waals surface area contributed by atoms with Gasteiger partial charge in [-0.15, -0.1) is 0 Å². The number of benzene rings is 1. The van der Waals surface area contributed by atoms with Crippen molar-refractivity contribution in [3.8, 4) is 0 Å². The Balaban J connectivity index is 2.21. The molecule has 0 radical (unpaired) electrons. The number of aromatic nitrogens is 2. The first kappa shape index (κ1) is 13.0. The maximum Gasteiger partial charge on any atom is 0.115 e. The van der Waals surface area contributed by atoms with Gasteiger partial charge in [0, 0.05) is 11.2 Å². The van der Waals surface area contributed by atoms with Crippen LogP contribution in [0.1, 0.15) is 22.9 Å². The average Bonchev–Trinajstić information content (AvgIpc) is 2.39. The van der Waals surface area contributed by atoms with Crippen molar-refractivity contribution in [3.63, 3.8) is 0 Å². The second kappa shape index (κ2) is 5.91. The minimum absolute atomic E-state index is 0.0757. The van der Waals surface area contributed by atoms with E-state index >= 15 is 0 Å². The summed E-state index contributed by atoms with van der Waals surface area (Å²) in [6, 6.07) is 7.77. The van der Waals surface area contributed by atoms with Crippen molar-refractivity contribution in [2.45, 2.75) is 19.4 Å². The highest BCUT2D eigenvalue weighted by Gasteiger charge is 2.13. The van der Waals surface area contributed by atoms with Crippen molar-refractivity contribution in [1.82, 2.24) is 15.4 Å². The fourth-order valence-corrected chi connectivity index (χ4v) is 2.11. The zero-order valence-electron chi connectivity index (χ0n) is 10.1. The molecule has 1 heterocycles. The van der Waals surface area contributed by atoms with E-state index in [1.807, 2.05) is 31.2 Å². The van der Waals surface area contributed by atoms with E-state index in [0.717, 1.165) is 21.8 Å². The van der Waals surface area contributed by atoms with Crippen LogP contribution < -0.4 is 11.3 Å². The minimum atomic E-state index is -0.0757. The fraction of sp³-hybridized carbons (Fsp3) is 0.231. The monoisotopic (exact) mass is 262 g/mol. The van der Waals surface area contributed by atoms with Crippen LogP contribution in [-0.4, -0.2) is 9.97 Å². The second-order valence-corrected chi connectivity index (χ2v) is 4.56. The van der Waals surface area contributed by atoms with Gasteiger partial charge < -0.3 is 0 Å². The molecule has 0 aliphatic rings. The van der Waals surface area contributed by atoms with Gasteiger partial charge >= 0.3 is 0 Å². The molecular formula is C13H15ClN4. The molecule has 0 aliphatic heterocycles. The molecule has 1 aromatic carbocycles. The molecule has 1 atom stereocenters. The Bertz CT molecular complexity index is 516. The average molecular weight is 263 g/mol. The first-order valence-electron chi connectivity index (χ1n) is 5.68. The molecule has 2 aromatic rings. The molecule has 0 fully saturated rings. The molecule has 0 saturated heterocycles. The summed E-state index contributed by atoms with van der Waals surface area (Å²) in [5.74, 6) is 5.58. The van der Waals surface area contributed by atoms with Crippen LogP contribution in [0.5, 0.6) is 0 Å². The third-order valence-electron chi connectivity index (χ3n) is 2.80. The molecule has 1 unspecified atom stereocenters. The maximum atomic E-state index is 6.22. The van der Waals surface area contributed by atoms with Crippen molar-refractivity contribution in [2.75, 3.05) is 0 Å². The lowest BCUT2D eigenvalue weighted by molar-refractivity contribution is 0.537. The molecule has 0 aliphatic carbocycles. The van der Waals surface area contributed by atoms with Crippen LogP contribution in [0.3, 0.4) is 0 Å². The van der Waals surface area contributed by atoms with E-state index in [1.165, 1.54) is 6.33 Å². The summed E-state index contributed by atoms with van der Waals surface area (Å²) >= 11 is 6.22. The van der Waals surface area contributed by atoms with Crippen molar-refractivity contribution in [1.29, 1.82) is 0 Å². The summed E-state index contributed by atoms with van der Waals surface area (Å²) in [6.45, 7) is 2.01. The Labute approximate surface area is 111 Å². The molecule has 0 spiro atoms. The number of hydrazine groups is 1. The van der Waals surface area contributed by atoms with Crippen LogP contribution in [-0.2, 0) is 6.42 Å². The van der Waals surface area contributed by atoms with Gasteiger partial charge in [-0.2, -0.15) is 0 Å². The quantitative estimate of drug-likeness (QED) is 0.655. The fourth-order valence-electron chi connectivity index (χ4n) is 1.79. The van der Waals surface area contributed by atoms with Gasteiger partial charge in [0.25, 0.3) is 0 Å². The van der Waals surface area contributed by atoms with Gasteiger partial charge in [0.1, 0.15) is 6.33 Å². The van der Waals surface area contributed by atoms with Crippen molar-refractivity contribution < 1.29 is 0 Å². The number of rotatable bonds is 4. The van der Waals surface area contributed by atoms with Gasteiger partial charge in [0.15, 0.2) is 0 Å². The molecule has 0 bridgehead atoms. The highest BCUT2D eigenvalue weighted by Crippen LogP contribution is 2.23. The standard InChI is InChI=1S/C13H15ClN4/c1-9-2-3-10(11(14)6-9)7-13(18-15)12-4-5-16-8-17-12/h2-6,8,13,18H,7,15H2,1H3. The van der Waals surface area contributed by atoms with E-state index < -0.39 is 0 Å². The smallest absolute Gasteiger partial charge is 0.115 e. The molecular weight excluding hydrogens is 248 g/mol. The lowest BCUT2D eigenvalue weighted by atomic mass is 10.0. The van der Waals surface area contributed by atoms with Crippen LogP contribution in [0, 0.1) is 6.92 Å². The number of nitrogens with zero attached hydrogens (tertiary/aromatic N) is 2. The molecule has 94 valence electrons. The molecule has 18 heavy (non-hydrogen) atoms. The topological polar surface area (TPSA) is 63.8 Å². The number of nitrogens with one attached hydrogen (secondary N) is 1. The van der Waals surface area contributed by atoms with E-state index in [1.54, 1.807) is 6.20 Å². The highest BCUT2D eigenvalue weighted by atomic mass is 35.5. The molecule has 0 amide bonds. The summed E-state index contributed by atoms with van der Waals surface area (Å²) in [6.07, 6.45) is 3.90. The molecule has 3 N–H and O–H groups in total. The van der Waals surface area contributed by atoms with Gasteiger partial charge in [-0.05, 0) is 36.6 Å². The molecule has 4 nitrogen and oxygen atoms in total. The SMILES string of the molecule is Cc1ccc(CC(NN)c2ccncn2)c(Cl)c1. The summed E-state index contributed by atoms with van der Waals surface area (Å²) < 4.78 is 0. The lowest BCUT2D eigenvalue weighted by Gasteiger charge is -2.16. The number of hydrogen-bond acceptors (Lipinski definition) is 4. The van der Waals surface area contributed by atoms with Crippen molar-refractivity contribution in [2.24, 2.45) is 5.84 Å².